The second-order valence-electron chi connectivity index (χ2n) is 4.28. The molecular weight excluding hydrogens is 210 g/mol. The lowest BCUT2D eigenvalue weighted by atomic mass is 9.96. The van der Waals surface area contributed by atoms with E-state index in [-0.39, 0.29) is 0 Å². The van der Waals surface area contributed by atoms with Crippen molar-refractivity contribution in [3.63, 3.8) is 0 Å². The summed E-state index contributed by atoms with van der Waals surface area (Å²) in [6, 6.07) is 10.1. The van der Waals surface area contributed by atoms with E-state index in [1.54, 1.807) is 0 Å². The van der Waals surface area contributed by atoms with E-state index in [9.17, 15) is 4.79 Å². The lowest BCUT2D eigenvalue weighted by Crippen LogP contribution is -2.06. The molecule has 0 saturated heterocycles. The number of nitrogens with zero attached hydrogens (tertiary/aromatic N) is 1. The smallest absolute Gasteiger partial charge is 0.223 e. The number of rotatable bonds is 2. The second kappa shape index (κ2) is 8.52. The largest absolute Gasteiger partial charge is 0.314 e. The maximum Gasteiger partial charge on any atom is 0.223 e. The molecule has 1 aliphatic carbocycles. The Bertz CT molecular complexity index is 347. The highest BCUT2D eigenvalue weighted by Crippen LogP contribution is 2.19. The topological polar surface area (TPSA) is 21.4 Å². The molecule has 1 aromatic rings. The maximum atomic E-state index is 9.97. The zero-order valence-corrected chi connectivity index (χ0v) is 10.1. The molecule has 1 fully saturated rings. The molecule has 1 aromatic carbocycles. The van der Waals surface area contributed by atoms with Gasteiger partial charge >= 0.3 is 0 Å². The number of hydrogen-bond acceptors (Lipinski definition) is 1. The third-order valence-corrected chi connectivity index (χ3v) is 2.92. The molecule has 2 heteroatoms. The van der Waals surface area contributed by atoms with E-state index in [1.807, 2.05) is 30.3 Å². The van der Waals surface area contributed by atoms with E-state index >= 15 is 0 Å². The first-order valence-corrected chi connectivity index (χ1v) is 6.21. The Morgan fingerprint density at radius 3 is 2.29 bits per heavy atom. The van der Waals surface area contributed by atoms with E-state index in [1.165, 1.54) is 19.3 Å². The number of carbonyl (C=O) groups excluding carboxylic acids is 1. The summed E-state index contributed by atoms with van der Waals surface area (Å²) in [6.45, 7) is 6.72. The molecule has 0 radical (unpaired) electrons. The van der Waals surface area contributed by atoms with Gasteiger partial charge in [-0.3, -0.25) is 0 Å². The molecule has 0 spiro atoms. The van der Waals surface area contributed by atoms with Crippen molar-refractivity contribution in [1.29, 1.82) is 0 Å². The van der Waals surface area contributed by atoms with Gasteiger partial charge in [0.15, 0.2) is 0 Å². The SMILES string of the molecule is O=CCc1ccccc1.[C-]#[N+]C1CCCCC1. The molecule has 0 unspecified atom stereocenters. The van der Waals surface area contributed by atoms with Crippen LogP contribution in [0.4, 0.5) is 0 Å². The van der Waals surface area contributed by atoms with Crippen molar-refractivity contribution in [2.75, 3.05) is 0 Å². The standard InChI is InChI=1S/C8H8O.C7H11N/c9-7-6-8-4-2-1-3-5-8;1-8-7-5-3-2-4-6-7/h1-5,7H,6H2;7H,2-6H2. The molecule has 1 aliphatic rings. The first-order valence-electron chi connectivity index (χ1n) is 6.21. The summed E-state index contributed by atoms with van der Waals surface area (Å²) in [4.78, 5) is 13.5. The molecule has 0 aliphatic heterocycles. The van der Waals surface area contributed by atoms with Crippen molar-refractivity contribution in [3.05, 3.63) is 47.3 Å². The van der Waals surface area contributed by atoms with Gasteiger partial charge in [-0.25, -0.2) is 6.57 Å². The van der Waals surface area contributed by atoms with Crippen LogP contribution in [-0.2, 0) is 11.2 Å². The van der Waals surface area contributed by atoms with Crippen LogP contribution < -0.4 is 0 Å². The Morgan fingerprint density at radius 2 is 1.82 bits per heavy atom. The second-order valence-corrected chi connectivity index (χ2v) is 4.28. The van der Waals surface area contributed by atoms with Crippen LogP contribution in [0.2, 0.25) is 0 Å². The highest BCUT2D eigenvalue weighted by Gasteiger charge is 2.15. The van der Waals surface area contributed by atoms with Crippen molar-refractivity contribution in [2.24, 2.45) is 0 Å². The monoisotopic (exact) mass is 229 g/mol. The van der Waals surface area contributed by atoms with Crippen LogP contribution in [-0.4, -0.2) is 12.3 Å². The first-order chi connectivity index (χ1) is 8.36. The fourth-order valence-corrected chi connectivity index (χ4v) is 1.92. The molecule has 1 saturated carbocycles. The Balaban J connectivity index is 0.000000171. The quantitative estimate of drug-likeness (QED) is 0.560. The summed E-state index contributed by atoms with van der Waals surface area (Å²) in [7, 11) is 0. The summed E-state index contributed by atoms with van der Waals surface area (Å²) in [5, 5.41) is 0. The molecule has 0 atom stereocenters. The van der Waals surface area contributed by atoms with E-state index in [4.69, 9.17) is 6.57 Å². The summed E-state index contributed by atoms with van der Waals surface area (Å²) in [6.07, 6.45) is 7.68. The average molecular weight is 229 g/mol. The molecule has 2 nitrogen and oxygen atoms in total. The Hall–Kier alpha value is -1.62. The zero-order chi connectivity index (χ0) is 12.3. The molecule has 0 bridgehead atoms. The molecule has 90 valence electrons. The van der Waals surface area contributed by atoms with Crippen LogP contribution in [0.3, 0.4) is 0 Å². The van der Waals surface area contributed by atoms with E-state index in [2.05, 4.69) is 4.85 Å². The van der Waals surface area contributed by atoms with Gasteiger partial charge in [0.2, 0.25) is 6.04 Å². The summed E-state index contributed by atoms with van der Waals surface area (Å²) < 4.78 is 0. The van der Waals surface area contributed by atoms with Crippen LogP contribution in [0.25, 0.3) is 4.85 Å². The van der Waals surface area contributed by atoms with Gasteiger partial charge in [0.25, 0.3) is 0 Å². The number of carbonyl (C=O) groups is 1. The van der Waals surface area contributed by atoms with Crippen molar-refractivity contribution in [2.45, 2.75) is 44.6 Å². The van der Waals surface area contributed by atoms with Crippen LogP contribution in [0.5, 0.6) is 0 Å². The lowest BCUT2D eigenvalue weighted by Gasteiger charge is -2.09. The van der Waals surface area contributed by atoms with Gasteiger partial charge in [-0.05, 0) is 18.4 Å². The van der Waals surface area contributed by atoms with E-state index in [0.29, 0.717) is 12.5 Å². The fourth-order valence-electron chi connectivity index (χ4n) is 1.92. The zero-order valence-electron chi connectivity index (χ0n) is 10.1. The minimum absolute atomic E-state index is 0.378. The molecule has 0 heterocycles. The third kappa shape index (κ3) is 5.87. The van der Waals surface area contributed by atoms with Gasteiger partial charge in [0.1, 0.15) is 6.29 Å². The van der Waals surface area contributed by atoms with E-state index in [0.717, 1.165) is 24.7 Å². The molecule has 17 heavy (non-hydrogen) atoms. The molecule has 0 N–H and O–H groups in total. The normalized spacial score (nSPS) is 15.2. The molecule has 2 rings (SSSR count). The van der Waals surface area contributed by atoms with Crippen LogP contribution >= 0.6 is 0 Å². The van der Waals surface area contributed by atoms with Crippen molar-refractivity contribution >= 4 is 6.29 Å². The Labute approximate surface area is 103 Å². The van der Waals surface area contributed by atoms with E-state index < -0.39 is 0 Å². The number of benzene rings is 1. The van der Waals surface area contributed by atoms with Gasteiger partial charge in [-0.1, -0.05) is 36.8 Å². The maximum absolute atomic E-state index is 9.97. The van der Waals surface area contributed by atoms with Gasteiger partial charge in [0.05, 0.1) is 0 Å². The van der Waals surface area contributed by atoms with Crippen molar-refractivity contribution < 1.29 is 4.79 Å². The van der Waals surface area contributed by atoms with Crippen LogP contribution in [0.15, 0.2) is 30.3 Å². The third-order valence-electron chi connectivity index (χ3n) is 2.92. The minimum atomic E-state index is 0.378. The minimum Gasteiger partial charge on any atom is -0.314 e. The highest BCUT2D eigenvalue weighted by molar-refractivity contribution is 5.54. The van der Waals surface area contributed by atoms with Crippen molar-refractivity contribution in [1.82, 2.24) is 0 Å². The van der Waals surface area contributed by atoms with Gasteiger partial charge in [-0.2, -0.15) is 0 Å². The van der Waals surface area contributed by atoms with Crippen LogP contribution in [0, 0.1) is 6.57 Å². The average Bonchev–Trinajstić information content (AvgIpc) is 2.42. The predicted octanol–water partition coefficient (Wildman–Crippen LogP) is 3.67. The first kappa shape index (κ1) is 13.4. The Morgan fingerprint density at radius 1 is 1.18 bits per heavy atom. The summed E-state index contributed by atoms with van der Waals surface area (Å²) in [5.74, 6) is 0. The molecular formula is C15H19NO. The summed E-state index contributed by atoms with van der Waals surface area (Å²) >= 11 is 0. The van der Waals surface area contributed by atoms with Crippen LogP contribution in [0.1, 0.15) is 37.7 Å². The number of hydrogen-bond donors (Lipinski definition) is 0. The summed E-state index contributed by atoms with van der Waals surface area (Å²) in [5.41, 5.74) is 1.08. The molecule has 0 aromatic heterocycles. The van der Waals surface area contributed by atoms with Gasteiger partial charge in [0, 0.05) is 19.3 Å². The highest BCUT2D eigenvalue weighted by atomic mass is 16.1. The number of aldehydes is 1. The molecule has 0 amide bonds. The van der Waals surface area contributed by atoms with Gasteiger partial charge in [-0.15, -0.1) is 0 Å². The Kier molecular flexibility index (Phi) is 6.74. The lowest BCUT2D eigenvalue weighted by molar-refractivity contribution is -0.107. The fraction of sp³-hybridized carbons (Fsp3) is 0.467. The van der Waals surface area contributed by atoms with Crippen molar-refractivity contribution in [3.8, 4) is 0 Å². The van der Waals surface area contributed by atoms with Gasteiger partial charge < -0.3 is 9.64 Å². The predicted molar refractivity (Wildman–Crippen MR) is 69.7 cm³/mol.